The Labute approximate surface area is 155 Å². The van der Waals surface area contributed by atoms with Crippen molar-refractivity contribution in [1.82, 2.24) is 9.38 Å². The number of thiazole rings is 1. The van der Waals surface area contributed by atoms with Crippen molar-refractivity contribution in [3.8, 4) is 34.3 Å². The molecule has 0 aliphatic carbocycles. The summed E-state index contributed by atoms with van der Waals surface area (Å²) in [7, 11) is 0. The van der Waals surface area contributed by atoms with E-state index in [1.54, 1.807) is 11.3 Å². The van der Waals surface area contributed by atoms with Crippen molar-refractivity contribution < 1.29 is 4.74 Å². The van der Waals surface area contributed by atoms with Gasteiger partial charge >= 0.3 is 0 Å². The normalized spacial score (nSPS) is 10.8. The Bertz CT molecular complexity index is 1090. The molecule has 0 saturated heterocycles. The number of benzene rings is 2. The fourth-order valence-electron chi connectivity index (χ4n) is 3.12. The van der Waals surface area contributed by atoms with Gasteiger partial charge in [0.25, 0.3) is 0 Å². The molecular weight excluding hydrogens is 342 g/mol. The third kappa shape index (κ3) is 2.75. The Balaban J connectivity index is 1.97. The Morgan fingerprint density at radius 1 is 1.12 bits per heavy atom. The maximum atomic E-state index is 9.42. The monoisotopic (exact) mass is 359 g/mol. The molecule has 4 nitrogen and oxygen atoms in total. The van der Waals surface area contributed by atoms with Gasteiger partial charge in [-0.1, -0.05) is 42.5 Å². The molecule has 0 aliphatic rings. The average molecular weight is 359 g/mol. The Kier molecular flexibility index (Phi) is 4.42. The van der Waals surface area contributed by atoms with E-state index in [1.807, 2.05) is 49.4 Å². The summed E-state index contributed by atoms with van der Waals surface area (Å²) in [6.45, 7) is 2.55. The van der Waals surface area contributed by atoms with Gasteiger partial charge in [-0.25, -0.2) is 4.98 Å². The molecule has 5 heteroatoms. The number of hydrogen-bond donors (Lipinski definition) is 0. The molecule has 128 valence electrons. The van der Waals surface area contributed by atoms with Crippen molar-refractivity contribution in [2.24, 2.45) is 0 Å². The first-order chi connectivity index (χ1) is 12.8. The largest absolute Gasteiger partial charge is 0.493 e. The lowest BCUT2D eigenvalue weighted by molar-refractivity contribution is 0.341. The van der Waals surface area contributed by atoms with Crippen molar-refractivity contribution in [3.05, 3.63) is 65.7 Å². The molecule has 0 bridgehead atoms. The van der Waals surface area contributed by atoms with Gasteiger partial charge in [0.15, 0.2) is 4.96 Å². The van der Waals surface area contributed by atoms with Gasteiger partial charge in [0, 0.05) is 10.9 Å². The number of nitrogens with zero attached hydrogens (tertiary/aromatic N) is 3. The SMILES string of the molecule is CCOc1ccccc1-c1nc2scc(-c3ccccc3)n2c1CC#N. The molecule has 4 rings (SSSR count). The van der Waals surface area contributed by atoms with Crippen LogP contribution in [-0.4, -0.2) is 16.0 Å². The highest BCUT2D eigenvalue weighted by Crippen LogP contribution is 2.36. The molecule has 0 aliphatic heterocycles. The lowest BCUT2D eigenvalue weighted by Gasteiger charge is -2.10. The molecule has 0 N–H and O–H groups in total. The molecule has 0 amide bonds. The quantitative estimate of drug-likeness (QED) is 0.492. The molecule has 26 heavy (non-hydrogen) atoms. The summed E-state index contributed by atoms with van der Waals surface area (Å²) in [6, 6.07) is 20.4. The summed E-state index contributed by atoms with van der Waals surface area (Å²) in [4.78, 5) is 5.73. The first kappa shape index (κ1) is 16.4. The molecule has 2 aromatic carbocycles. The van der Waals surface area contributed by atoms with Crippen molar-refractivity contribution in [2.45, 2.75) is 13.3 Å². The maximum Gasteiger partial charge on any atom is 0.195 e. The molecular formula is C21H17N3OS. The van der Waals surface area contributed by atoms with Gasteiger partial charge in [-0.2, -0.15) is 5.26 Å². The molecule has 0 radical (unpaired) electrons. The number of para-hydroxylation sites is 1. The number of rotatable bonds is 5. The van der Waals surface area contributed by atoms with Gasteiger partial charge in [0.2, 0.25) is 0 Å². The molecule has 2 aromatic heterocycles. The van der Waals surface area contributed by atoms with Crippen molar-refractivity contribution in [2.75, 3.05) is 6.61 Å². The molecule has 4 aromatic rings. The zero-order valence-electron chi connectivity index (χ0n) is 14.3. The van der Waals surface area contributed by atoms with Gasteiger partial charge in [0.05, 0.1) is 36.2 Å². The van der Waals surface area contributed by atoms with Crippen molar-refractivity contribution >= 4 is 16.3 Å². The van der Waals surface area contributed by atoms with Crippen LogP contribution in [0.15, 0.2) is 60.0 Å². The third-order valence-corrected chi connectivity index (χ3v) is 5.04. The van der Waals surface area contributed by atoms with E-state index in [-0.39, 0.29) is 6.42 Å². The highest BCUT2D eigenvalue weighted by Gasteiger charge is 2.20. The average Bonchev–Trinajstić information content (AvgIpc) is 3.24. The number of imidazole rings is 1. The van der Waals surface area contributed by atoms with Crippen LogP contribution in [0.3, 0.4) is 0 Å². The molecule has 0 spiro atoms. The van der Waals surface area contributed by atoms with Crippen molar-refractivity contribution in [3.63, 3.8) is 0 Å². The standard InChI is InChI=1S/C21H17N3OS/c1-2-25-19-11-7-6-10-16(19)20-17(12-13-22)24-18(14-26-21(24)23-20)15-8-4-3-5-9-15/h3-11,14H,2,12H2,1H3. The smallest absolute Gasteiger partial charge is 0.195 e. The summed E-state index contributed by atoms with van der Waals surface area (Å²) in [5, 5.41) is 11.5. The van der Waals surface area contributed by atoms with Crippen LogP contribution in [0.25, 0.3) is 27.5 Å². The molecule has 0 fully saturated rings. The Hall–Kier alpha value is -3.10. The van der Waals surface area contributed by atoms with E-state index in [1.165, 1.54) is 0 Å². The molecule has 0 saturated carbocycles. The summed E-state index contributed by atoms with van der Waals surface area (Å²) >= 11 is 1.59. The second-order valence-corrected chi connectivity index (χ2v) is 6.61. The van der Waals surface area contributed by atoms with Gasteiger partial charge in [-0.05, 0) is 24.6 Å². The van der Waals surface area contributed by atoms with E-state index in [2.05, 4.69) is 28.0 Å². The van der Waals surface area contributed by atoms with Gasteiger partial charge in [-0.3, -0.25) is 4.40 Å². The lowest BCUT2D eigenvalue weighted by Crippen LogP contribution is -1.98. The fourth-order valence-corrected chi connectivity index (χ4v) is 4.04. The predicted molar refractivity (Wildman–Crippen MR) is 104 cm³/mol. The highest BCUT2D eigenvalue weighted by molar-refractivity contribution is 7.15. The Morgan fingerprint density at radius 2 is 1.88 bits per heavy atom. The third-order valence-electron chi connectivity index (χ3n) is 4.22. The predicted octanol–water partition coefficient (Wildman–Crippen LogP) is 5.19. The minimum atomic E-state index is 0.285. The number of nitriles is 1. The second-order valence-electron chi connectivity index (χ2n) is 5.78. The van der Waals surface area contributed by atoms with E-state index in [4.69, 9.17) is 9.72 Å². The minimum absolute atomic E-state index is 0.285. The van der Waals surface area contributed by atoms with Gasteiger partial charge < -0.3 is 4.74 Å². The topological polar surface area (TPSA) is 50.3 Å². The van der Waals surface area contributed by atoms with Crippen LogP contribution in [0.4, 0.5) is 0 Å². The fraction of sp³-hybridized carbons (Fsp3) is 0.143. The number of fused-ring (bicyclic) bond motifs is 1. The van der Waals surface area contributed by atoms with E-state index in [0.717, 1.165) is 38.9 Å². The van der Waals surface area contributed by atoms with Crippen LogP contribution < -0.4 is 4.74 Å². The van der Waals surface area contributed by atoms with Crippen LogP contribution >= 0.6 is 11.3 Å². The van der Waals surface area contributed by atoms with E-state index in [0.29, 0.717) is 6.61 Å². The summed E-state index contributed by atoms with van der Waals surface area (Å²) in [5.41, 5.74) is 4.81. The van der Waals surface area contributed by atoms with Crippen LogP contribution in [-0.2, 0) is 6.42 Å². The van der Waals surface area contributed by atoms with Crippen LogP contribution in [0.5, 0.6) is 5.75 Å². The number of ether oxygens (including phenoxy) is 1. The molecule has 0 unspecified atom stereocenters. The first-order valence-electron chi connectivity index (χ1n) is 8.47. The van der Waals surface area contributed by atoms with E-state index >= 15 is 0 Å². The van der Waals surface area contributed by atoms with E-state index < -0.39 is 0 Å². The lowest BCUT2D eigenvalue weighted by atomic mass is 10.1. The zero-order valence-corrected chi connectivity index (χ0v) is 15.2. The van der Waals surface area contributed by atoms with Crippen LogP contribution in [0, 0.1) is 11.3 Å². The van der Waals surface area contributed by atoms with E-state index in [9.17, 15) is 5.26 Å². The van der Waals surface area contributed by atoms with Crippen LogP contribution in [0.2, 0.25) is 0 Å². The minimum Gasteiger partial charge on any atom is -0.493 e. The maximum absolute atomic E-state index is 9.42. The first-order valence-corrected chi connectivity index (χ1v) is 9.34. The Morgan fingerprint density at radius 3 is 2.65 bits per heavy atom. The van der Waals surface area contributed by atoms with Crippen LogP contribution in [0.1, 0.15) is 12.6 Å². The zero-order chi connectivity index (χ0) is 17.9. The van der Waals surface area contributed by atoms with Gasteiger partial charge in [0.1, 0.15) is 5.75 Å². The second kappa shape index (κ2) is 7.03. The number of hydrogen-bond acceptors (Lipinski definition) is 4. The molecule has 0 atom stereocenters. The molecule has 2 heterocycles. The number of aromatic nitrogens is 2. The van der Waals surface area contributed by atoms with Gasteiger partial charge in [-0.15, -0.1) is 11.3 Å². The summed E-state index contributed by atoms with van der Waals surface area (Å²) in [5.74, 6) is 0.793. The summed E-state index contributed by atoms with van der Waals surface area (Å²) in [6.07, 6.45) is 0.285. The highest BCUT2D eigenvalue weighted by atomic mass is 32.1. The summed E-state index contributed by atoms with van der Waals surface area (Å²) < 4.78 is 7.88. The van der Waals surface area contributed by atoms with Crippen molar-refractivity contribution in [1.29, 1.82) is 5.26 Å².